The molecule has 1 heterocycles. The molecule has 0 amide bonds. The summed E-state index contributed by atoms with van der Waals surface area (Å²) in [7, 11) is 0. The number of hydrogen-bond donors (Lipinski definition) is 1. The van der Waals surface area contributed by atoms with Crippen molar-refractivity contribution < 1.29 is 4.39 Å². The molecule has 2 aromatic rings. The maximum atomic E-state index is 13.4. The summed E-state index contributed by atoms with van der Waals surface area (Å²) in [6, 6.07) is 4.79. The average molecular weight is 290 g/mol. The Morgan fingerprint density at radius 3 is 2.86 bits per heavy atom. The van der Waals surface area contributed by atoms with Gasteiger partial charge in [-0.1, -0.05) is 15.9 Å². The van der Waals surface area contributed by atoms with E-state index in [1.807, 2.05) is 0 Å². The maximum Gasteiger partial charge on any atom is 0.133 e. The molecular weight excluding hydrogens is 285 g/mol. The van der Waals surface area contributed by atoms with Crippen LogP contribution in [0.3, 0.4) is 0 Å². The smallest absolute Gasteiger partial charge is 0.133 e. The summed E-state index contributed by atoms with van der Waals surface area (Å²) < 4.78 is 14.2. The van der Waals surface area contributed by atoms with Gasteiger partial charge in [0.1, 0.15) is 15.9 Å². The molecule has 1 aromatic carbocycles. The highest BCUT2D eigenvalue weighted by Gasteiger charge is 2.08. The largest absolute Gasteiger partial charge is 0.230 e. The Bertz CT molecular complexity index is 470. The summed E-state index contributed by atoms with van der Waals surface area (Å²) in [5, 5.41) is 3.04. The Kier molecular flexibility index (Phi) is 2.90. The van der Waals surface area contributed by atoms with Crippen molar-refractivity contribution in [1.29, 1.82) is 0 Å². The number of thiazole rings is 1. The van der Waals surface area contributed by atoms with Crippen LogP contribution in [0.2, 0.25) is 0 Å². The second-order valence-electron chi connectivity index (χ2n) is 2.64. The van der Waals surface area contributed by atoms with Gasteiger partial charge in [-0.25, -0.2) is 9.37 Å². The molecule has 14 heavy (non-hydrogen) atoms. The fraction of sp³-hybridized carbons (Fsp3) is 0. The lowest BCUT2D eigenvalue weighted by Gasteiger charge is -1.98. The van der Waals surface area contributed by atoms with Crippen LogP contribution in [0.1, 0.15) is 0 Å². The molecule has 0 bridgehead atoms. The van der Waals surface area contributed by atoms with Gasteiger partial charge in [-0.3, -0.25) is 0 Å². The van der Waals surface area contributed by atoms with E-state index in [9.17, 15) is 4.39 Å². The van der Waals surface area contributed by atoms with Gasteiger partial charge in [0.15, 0.2) is 0 Å². The second kappa shape index (κ2) is 4.00. The van der Waals surface area contributed by atoms with Crippen molar-refractivity contribution in [2.75, 3.05) is 0 Å². The molecule has 5 heteroatoms. The molecule has 2 rings (SSSR count). The van der Waals surface area contributed by atoms with Gasteiger partial charge in [-0.2, -0.15) is 0 Å². The molecule has 0 aliphatic carbocycles. The highest BCUT2D eigenvalue weighted by molar-refractivity contribution is 9.10. The summed E-state index contributed by atoms with van der Waals surface area (Å²) in [6.45, 7) is 0. The normalized spacial score (nSPS) is 10.5. The quantitative estimate of drug-likeness (QED) is 0.783. The van der Waals surface area contributed by atoms with Gasteiger partial charge < -0.3 is 0 Å². The summed E-state index contributed by atoms with van der Waals surface area (Å²) in [5.74, 6) is -0.268. The molecule has 0 saturated heterocycles. The van der Waals surface area contributed by atoms with Crippen molar-refractivity contribution in [1.82, 2.24) is 4.98 Å². The number of halogens is 2. The van der Waals surface area contributed by atoms with E-state index < -0.39 is 0 Å². The zero-order valence-corrected chi connectivity index (χ0v) is 10.2. The van der Waals surface area contributed by atoms with E-state index in [-0.39, 0.29) is 5.82 Å². The Balaban J connectivity index is 2.55. The van der Waals surface area contributed by atoms with E-state index in [1.165, 1.54) is 17.4 Å². The number of rotatable bonds is 1. The highest BCUT2D eigenvalue weighted by atomic mass is 79.9. The Morgan fingerprint density at radius 2 is 2.21 bits per heavy atom. The molecule has 1 aromatic heterocycles. The van der Waals surface area contributed by atoms with Crippen molar-refractivity contribution >= 4 is 39.9 Å². The number of nitrogens with zero attached hydrogens (tertiary/aromatic N) is 1. The van der Waals surface area contributed by atoms with Crippen LogP contribution < -0.4 is 0 Å². The van der Waals surface area contributed by atoms with Crippen LogP contribution in [-0.4, -0.2) is 4.98 Å². The molecule has 1 nitrogen and oxygen atoms in total. The molecule has 0 aliphatic heterocycles. The first-order valence-corrected chi connectivity index (χ1v) is 5.89. The minimum absolute atomic E-state index is 0.268. The lowest BCUT2D eigenvalue weighted by atomic mass is 10.2. The Morgan fingerprint density at radius 1 is 1.43 bits per heavy atom. The Hall–Kier alpha value is -0.390. The molecule has 0 aliphatic rings. The SMILES string of the molecule is Fc1ccc(Br)cc1-c1nc(S)cs1. The van der Waals surface area contributed by atoms with Crippen LogP contribution in [0.15, 0.2) is 33.1 Å². The standard InChI is InChI=1S/C9H5BrFNS2/c10-5-1-2-7(11)6(3-5)9-12-8(13)4-14-9/h1-4,13H. The maximum absolute atomic E-state index is 13.4. The molecule has 0 radical (unpaired) electrons. The monoisotopic (exact) mass is 289 g/mol. The summed E-state index contributed by atoms with van der Waals surface area (Å²) in [6.07, 6.45) is 0. The van der Waals surface area contributed by atoms with Crippen LogP contribution in [0.25, 0.3) is 10.6 Å². The van der Waals surface area contributed by atoms with E-state index in [4.69, 9.17) is 0 Å². The third kappa shape index (κ3) is 1.99. The van der Waals surface area contributed by atoms with Gasteiger partial charge in [0.2, 0.25) is 0 Å². The van der Waals surface area contributed by atoms with Crippen molar-refractivity contribution in [3.8, 4) is 10.6 Å². The predicted molar refractivity (Wildman–Crippen MR) is 62.5 cm³/mol. The van der Waals surface area contributed by atoms with Crippen LogP contribution in [0.5, 0.6) is 0 Å². The first-order valence-electron chi connectivity index (χ1n) is 3.77. The van der Waals surface area contributed by atoms with E-state index in [0.29, 0.717) is 15.6 Å². The van der Waals surface area contributed by atoms with Gasteiger partial charge in [-0.15, -0.1) is 24.0 Å². The lowest BCUT2D eigenvalue weighted by molar-refractivity contribution is 0.631. The first kappa shape index (κ1) is 10.1. The molecule has 0 saturated carbocycles. The van der Waals surface area contributed by atoms with Gasteiger partial charge >= 0.3 is 0 Å². The lowest BCUT2D eigenvalue weighted by Crippen LogP contribution is -1.83. The fourth-order valence-corrected chi connectivity index (χ4v) is 2.44. The van der Waals surface area contributed by atoms with Crippen molar-refractivity contribution in [3.63, 3.8) is 0 Å². The molecule has 0 unspecified atom stereocenters. The fourth-order valence-electron chi connectivity index (χ4n) is 1.05. The summed E-state index contributed by atoms with van der Waals surface area (Å²) >= 11 is 8.75. The minimum Gasteiger partial charge on any atom is -0.230 e. The van der Waals surface area contributed by atoms with E-state index in [1.54, 1.807) is 17.5 Å². The number of thiol groups is 1. The van der Waals surface area contributed by atoms with Gasteiger partial charge in [0.25, 0.3) is 0 Å². The van der Waals surface area contributed by atoms with Gasteiger partial charge in [-0.05, 0) is 18.2 Å². The van der Waals surface area contributed by atoms with Crippen molar-refractivity contribution in [3.05, 3.63) is 33.9 Å². The van der Waals surface area contributed by atoms with Crippen molar-refractivity contribution in [2.24, 2.45) is 0 Å². The number of benzene rings is 1. The van der Waals surface area contributed by atoms with Crippen LogP contribution in [0, 0.1) is 5.82 Å². The number of aromatic nitrogens is 1. The molecule has 0 N–H and O–H groups in total. The topological polar surface area (TPSA) is 12.9 Å². The van der Waals surface area contributed by atoms with Crippen LogP contribution >= 0.6 is 39.9 Å². The third-order valence-electron chi connectivity index (χ3n) is 1.65. The minimum atomic E-state index is -0.268. The summed E-state index contributed by atoms with van der Waals surface area (Å²) in [4.78, 5) is 4.10. The van der Waals surface area contributed by atoms with Crippen LogP contribution in [0.4, 0.5) is 4.39 Å². The Labute approximate surface area is 98.5 Å². The van der Waals surface area contributed by atoms with E-state index in [2.05, 4.69) is 33.5 Å². The molecular formula is C9H5BrFNS2. The highest BCUT2D eigenvalue weighted by Crippen LogP contribution is 2.29. The molecule has 72 valence electrons. The van der Waals surface area contributed by atoms with Crippen molar-refractivity contribution in [2.45, 2.75) is 5.03 Å². The molecule has 0 fully saturated rings. The third-order valence-corrected chi connectivity index (χ3v) is 3.42. The van der Waals surface area contributed by atoms with E-state index >= 15 is 0 Å². The predicted octanol–water partition coefficient (Wildman–Crippen LogP) is 4.00. The van der Waals surface area contributed by atoms with Crippen LogP contribution in [-0.2, 0) is 0 Å². The molecule has 0 spiro atoms. The zero-order valence-electron chi connectivity index (χ0n) is 6.87. The average Bonchev–Trinajstić information content (AvgIpc) is 2.56. The van der Waals surface area contributed by atoms with Gasteiger partial charge in [0, 0.05) is 15.4 Å². The molecule has 0 atom stereocenters. The number of hydrogen-bond acceptors (Lipinski definition) is 3. The van der Waals surface area contributed by atoms with Gasteiger partial charge in [0.05, 0.1) is 0 Å². The second-order valence-corrected chi connectivity index (χ2v) is 4.87. The zero-order chi connectivity index (χ0) is 10.1. The van der Waals surface area contributed by atoms with E-state index in [0.717, 1.165) is 4.47 Å². The summed E-state index contributed by atoms with van der Waals surface area (Å²) in [5.41, 5.74) is 0.504. The first-order chi connectivity index (χ1) is 6.66.